The highest BCUT2D eigenvalue weighted by Gasteiger charge is 2.07. The van der Waals surface area contributed by atoms with Gasteiger partial charge in [-0.25, -0.2) is 0 Å². The van der Waals surface area contributed by atoms with Gasteiger partial charge in [-0.15, -0.1) is 0 Å². The maximum atomic E-state index is 5.38. The molecule has 0 aliphatic rings. The molecule has 0 atom stereocenters. The van der Waals surface area contributed by atoms with Crippen molar-refractivity contribution in [3.63, 3.8) is 0 Å². The van der Waals surface area contributed by atoms with Crippen LogP contribution in [0.1, 0.15) is 5.56 Å². The van der Waals surface area contributed by atoms with E-state index in [9.17, 15) is 0 Å². The van der Waals surface area contributed by atoms with Gasteiger partial charge in [-0.05, 0) is 12.1 Å². The molecule has 0 aromatic heterocycles. The van der Waals surface area contributed by atoms with Crippen LogP contribution in [0.2, 0.25) is 0 Å². The van der Waals surface area contributed by atoms with Gasteiger partial charge in [-0.2, -0.15) is 0 Å². The summed E-state index contributed by atoms with van der Waals surface area (Å²) < 4.78 is 10.5. The first-order valence-corrected chi connectivity index (χ1v) is 6.24. The van der Waals surface area contributed by atoms with Crippen molar-refractivity contribution < 1.29 is 9.47 Å². The van der Waals surface area contributed by atoms with Gasteiger partial charge in [0.15, 0.2) is 0 Å². The molecule has 2 aromatic rings. The molecule has 19 heavy (non-hydrogen) atoms. The van der Waals surface area contributed by atoms with E-state index in [1.54, 1.807) is 14.2 Å². The van der Waals surface area contributed by atoms with Crippen molar-refractivity contribution in [3.05, 3.63) is 54.1 Å². The molecular formula is C15H15NO2S. The summed E-state index contributed by atoms with van der Waals surface area (Å²) in [4.78, 5) is 0.646. The average molecular weight is 273 g/mol. The van der Waals surface area contributed by atoms with Crippen LogP contribution in [0.25, 0.3) is 0 Å². The second-order valence-corrected chi connectivity index (χ2v) is 4.29. The van der Waals surface area contributed by atoms with Crippen molar-refractivity contribution in [3.8, 4) is 11.5 Å². The lowest BCUT2D eigenvalue weighted by Crippen LogP contribution is -2.11. The van der Waals surface area contributed by atoms with Gasteiger partial charge < -0.3 is 14.8 Å². The Morgan fingerprint density at radius 3 is 2.37 bits per heavy atom. The highest BCUT2D eigenvalue weighted by Crippen LogP contribution is 2.29. The van der Waals surface area contributed by atoms with Crippen LogP contribution in [0.15, 0.2) is 48.5 Å². The van der Waals surface area contributed by atoms with Crippen LogP contribution in [-0.2, 0) is 0 Å². The molecule has 0 unspecified atom stereocenters. The lowest BCUT2D eigenvalue weighted by atomic mass is 10.2. The third-order valence-electron chi connectivity index (χ3n) is 2.69. The van der Waals surface area contributed by atoms with E-state index in [0.29, 0.717) is 4.99 Å². The maximum absolute atomic E-state index is 5.38. The summed E-state index contributed by atoms with van der Waals surface area (Å²) in [5, 5.41) is 3.18. The van der Waals surface area contributed by atoms with E-state index in [4.69, 9.17) is 21.7 Å². The van der Waals surface area contributed by atoms with Crippen LogP contribution in [0.4, 0.5) is 5.69 Å². The van der Waals surface area contributed by atoms with Crippen molar-refractivity contribution in [2.75, 3.05) is 19.5 Å². The van der Waals surface area contributed by atoms with E-state index in [0.717, 1.165) is 22.7 Å². The number of ether oxygens (including phenoxy) is 2. The third kappa shape index (κ3) is 3.23. The fourth-order valence-electron chi connectivity index (χ4n) is 1.70. The van der Waals surface area contributed by atoms with Crippen LogP contribution >= 0.6 is 12.2 Å². The Hall–Kier alpha value is -2.07. The molecule has 1 N–H and O–H groups in total. The first-order chi connectivity index (χ1) is 9.24. The molecule has 0 heterocycles. The summed E-state index contributed by atoms with van der Waals surface area (Å²) in [6.07, 6.45) is 0. The predicted molar refractivity (Wildman–Crippen MR) is 81.3 cm³/mol. The van der Waals surface area contributed by atoms with Crippen molar-refractivity contribution in [1.29, 1.82) is 0 Å². The Morgan fingerprint density at radius 1 is 1.00 bits per heavy atom. The highest BCUT2D eigenvalue weighted by atomic mass is 32.1. The smallest absolute Gasteiger partial charge is 0.142 e. The second kappa shape index (κ2) is 6.20. The zero-order valence-electron chi connectivity index (χ0n) is 10.8. The van der Waals surface area contributed by atoms with Crippen molar-refractivity contribution >= 4 is 22.9 Å². The van der Waals surface area contributed by atoms with Crippen molar-refractivity contribution in [1.82, 2.24) is 0 Å². The molecular weight excluding hydrogens is 258 g/mol. The van der Waals surface area contributed by atoms with Gasteiger partial charge in [-0.3, -0.25) is 0 Å². The first-order valence-electron chi connectivity index (χ1n) is 5.83. The number of rotatable bonds is 4. The lowest BCUT2D eigenvalue weighted by Gasteiger charge is -2.13. The van der Waals surface area contributed by atoms with Crippen LogP contribution in [0, 0.1) is 0 Å². The van der Waals surface area contributed by atoms with Crippen LogP contribution in [-0.4, -0.2) is 19.2 Å². The van der Waals surface area contributed by atoms with Crippen molar-refractivity contribution in [2.24, 2.45) is 0 Å². The van der Waals surface area contributed by atoms with Gasteiger partial charge in [-0.1, -0.05) is 42.5 Å². The molecule has 0 aliphatic carbocycles. The summed E-state index contributed by atoms with van der Waals surface area (Å²) in [6.45, 7) is 0. The fraction of sp³-hybridized carbons (Fsp3) is 0.133. The van der Waals surface area contributed by atoms with E-state index in [1.165, 1.54) is 0 Å². The number of thiocarbonyl (C=S) groups is 1. The van der Waals surface area contributed by atoms with Crippen molar-refractivity contribution in [2.45, 2.75) is 0 Å². The zero-order chi connectivity index (χ0) is 13.7. The summed E-state index contributed by atoms with van der Waals surface area (Å²) in [5.41, 5.74) is 1.75. The maximum Gasteiger partial charge on any atom is 0.142 e. The fourth-order valence-corrected chi connectivity index (χ4v) is 1.94. The molecule has 98 valence electrons. The van der Waals surface area contributed by atoms with Gasteiger partial charge in [0.2, 0.25) is 0 Å². The third-order valence-corrected chi connectivity index (χ3v) is 3.03. The Labute approximate surface area is 118 Å². The van der Waals surface area contributed by atoms with Crippen LogP contribution in [0.3, 0.4) is 0 Å². The molecule has 0 aliphatic heterocycles. The standard InChI is InChI=1S/C15H15NO2S/c1-17-12-8-9-14(18-2)13(10-12)16-15(19)11-6-4-3-5-7-11/h3-10H,1-2H3,(H,16,19). The largest absolute Gasteiger partial charge is 0.497 e. The molecule has 2 aromatic carbocycles. The minimum absolute atomic E-state index is 0.646. The molecule has 0 saturated carbocycles. The molecule has 0 fully saturated rings. The average Bonchev–Trinajstić information content (AvgIpc) is 2.48. The molecule has 4 heteroatoms. The van der Waals surface area contributed by atoms with E-state index < -0.39 is 0 Å². The number of hydrogen-bond donors (Lipinski definition) is 1. The summed E-state index contributed by atoms with van der Waals surface area (Å²) in [5.74, 6) is 1.47. The van der Waals surface area contributed by atoms with Gasteiger partial charge in [0.1, 0.15) is 16.5 Å². The van der Waals surface area contributed by atoms with E-state index in [2.05, 4.69) is 5.32 Å². The Bertz CT molecular complexity index is 570. The monoisotopic (exact) mass is 273 g/mol. The summed E-state index contributed by atoms with van der Waals surface area (Å²) >= 11 is 5.38. The molecule has 0 radical (unpaired) electrons. The summed E-state index contributed by atoms with van der Waals surface area (Å²) in [6, 6.07) is 15.3. The SMILES string of the molecule is COc1ccc(OC)c(NC(=S)c2ccccc2)c1. The second-order valence-electron chi connectivity index (χ2n) is 3.89. The predicted octanol–water partition coefficient (Wildman–Crippen LogP) is 3.49. The topological polar surface area (TPSA) is 30.5 Å². The van der Waals surface area contributed by atoms with E-state index >= 15 is 0 Å². The van der Waals surface area contributed by atoms with Crippen LogP contribution in [0.5, 0.6) is 11.5 Å². The minimum atomic E-state index is 0.646. The molecule has 0 saturated heterocycles. The first kappa shape index (κ1) is 13.4. The number of anilines is 1. The Kier molecular flexibility index (Phi) is 4.36. The van der Waals surface area contributed by atoms with E-state index in [1.807, 2.05) is 48.5 Å². The zero-order valence-corrected chi connectivity index (χ0v) is 11.7. The molecule has 3 nitrogen and oxygen atoms in total. The van der Waals surface area contributed by atoms with Crippen LogP contribution < -0.4 is 14.8 Å². The normalized spacial score (nSPS) is 9.79. The number of hydrogen-bond acceptors (Lipinski definition) is 3. The lowest BCUT2D eigenvalue weighted by molar-refractivity contribution is 0.405. The Morgan fingerprint density at radius 2 is 1.74 bits per heavy atom. The summed E-state index contributed by atoms with van der Waals surface area (Å²) in [7, 11) is 3.25. The van der Waals surface area contributed by atoms with Gasteiger partial charge in [0.25, 0.3) is 0 Å². The quantitative estimate of drug-likeness (QED) is 0.864. The van der Waals surface area contributed by atoms with Gasteiger partial charge in [0.05, 0.1) is 19.9 Å². The van der Waals surface area contributed by atoms with Gasteiger partial charge in [0, 0.05) is 11.6 Å². The minimum Gasteiger partial charge on any atom is -0.497 e. The number of nitrogens with one attached hydrogen (secondary N) is 1. The number of benzene rings is 2. The van der Waals surface area contributed by atoms with E-state index in [-0.39, 0.29) is 0 Å². The molecule has 2 rings (SSSR count). The highest BCUT2D eigenvalue weighted by molar-refractivity contribution is 7.81. The molecule has 0 spiro atoms. The van der Waals surface area contributed by atoms with Gasteiger partial charge >= 0.3 is 0 Å². The molecule has 0 bridgehead atoms. The Balaban J connectivity index is 2.25. The number of methoxy groups -OCH3 is 2. The molecule has 0 amide bonds.